The summed E-state index contributed by atoms with van der Waals surface area (Å²) in [6.07, 6.45) is 5.93. The molecule has 1 spiro atoms. The van der Waals surface area contributed by atoms with Crippen LogP contribution in [0.15, 0.2) is 12.1 Å². The first-order valence-corrected chi connectivity index (χ1v) is 7.47. The SMILES string of the molecule is COc1cc2c(cc1F)NC(=O)CC1(CCCCC1)N2C. The lowest BCUT2D eigenvalue weighted by molar-refractivity contribution is -0.117. The van der Waals surface area contributed by atoms with E-state index in [1.54, 1.807) is 6.07 Å². The molecule has 2 aliphatic rings. The van der Waals surface area contributed by atoms with Crippen LogP contribution >= 0.6 is 0 Å². The van der Waals surface area contributed by atoms with Gasteiger partial charge < -0.3 is 15.0 Å². The van der Waals surface area contributed by atoms with Gasteiger partial charge in [-0.15, -0.1) is 0 Å². The van der Waals surface area contributed by atoms with Crippen LogP contribution in [0.25, 0.3) is 0 Å². The fraction of sp³-hybridized carbons (Fsp3) is 0.562. The highest BCUT2D eigenvalue weighted by Crippen LogP contribution is 2.44. The molecular formula is C16H21FN2O2. The summed E-state index contributed by atoms with van der Waals surface area (Å²) in [6.45, 7) is 0. The van der Waals surface area contributed by atoms with Gasteiger partial charge in [-0.05, 0) is 12.8 Å². The van der Waals surface area contributed by atoms with Crippen molar-refractivity contribution in [2.75, 3.05) is 24.4 Å². The number of nitrogens with zero attached hydrogens (tertiary/aromatic N) is 1. The average Bonchev–Trinajstić information content (AvgIpc) is 2.55. The minimum absolute atomic E-state index is 0.0351. The van der Waals surface area contributed by atoms with Gasteiger partial charge in [-0.1, -0.05) is 19.3 Å². The van der Waals surface area contributed by atoms with Crippen molar-refractivity contribution in [3.63, 3.8) is 0 Å². The number of hydrogen-bond acceptors (Lipinski definition) is 3. The van der Waals surface area contributed by atoms with Gasteiger partial charge in [-0.2, -0.15) is 0 Å². The zero-order chi connectivity index (χ0) is 15.0. The number of anilines is 2. The van der Waals surface area contributed by atoms with E-state index in [0.29, 0.717) is 12.1 Å². The minimum Gasteiger partial charge on any atom is -0.494 e. The molecule has 0 unspecified atom stereocenters. The number of benzene rings is 1. The topological polar surface area (TPSA) is 41.6 Å². The Morgan fingerprint density at radius 2 is 2.00 bits per heavy atom. The highest BCUT2D eigenvalue weighted by Gasteiger charge is 2.41. The average molecular weight is 292 g/mol. The van der Waals surface area contributed by atoms with Gasteiger partial charge in [0.1, 0.15) is 0 Å². The molecule has 1 N–H and O–H groups in total. The maximum atomic E-state index is 13.9. The van der Waals surface area contributed by atoms with E-state index in [9.17, 15) is 9.18 Å². The standard InChI is InChI=1S/C16H21FN2O2/c1-19-13-9-14(21-2)11(17)8-12(13)18-15(20)10-16(19)6-4-3-5-7-16/h8-9H,3-7,10H2,1-2H3,(H,18,20). The maximum absolute atomic E-state index is 13.9. The number of carbonyl (C=O) groups excluding carboxylic acids is 1. The van der Waals surface area contributed by atoms with E-state index in [-0.39, 0.29) is 17.2 Å². The molecule has 0 atom stereocenters. The zero-order valence-corrected chi connectivity index (χ0v) is 12.5. The quantitative estimate of drug-likeness (QED) is 0.863. The maximum Gasteiger partial charge on any atom is 0.226 e. The molecule has 0 saturated heterocycles. The highest BCUT2D eigenvalue weighted by atomic mass is 19.1. The molecule has 21 heavy (non-hydrogen) atoms. The Bertz CT molecular complexity index is 568. The highest BCUT2D eigenvalue weighted by molar-refractivity contribution is 5.97. The molecule has 114 valence electrons. The molecule has 1 saturated carbocycles. The normalized spacial score (nSPS) is 20.7. The molecule has 1 aromatic rings. The fourth-order valence-corrected chi connectivity index (χ4v) is 3.67. The van der Waals surface area contributed by atoms with Crippen LogP contribution in [0, 0.1) is 5.82 Å². The summed E-state index contributed by atoms with van der Waals surface area (Å²) in [5.74, 6) is -0.278. The van der Waals surface area contributed by atoms with Crippen LogP contribution in [0.1, 0.15) is 38.5 Å². The van der Waals surface area contributed by atoms with E-state index in [1.165, 1.54) is 19.6 Å². The monoisotopic (exact) mass is 292 g/mol. The summed E-state index contributed by atoms with van der Waals surface area (Å²) >= 11 is 0. The van der Waals surface area contributed by atoms with Crippen molar-refractivity contribution < 1.29 is 13.9 Å². The van der Waals surface area contributed by atoms with Crippen molar-refractivity contribution in [2.24, 2.45) is 0 Å². The first-order chi connectivity index (χ1) is 10.1. The molecule has 0 radical (unpaired) electrons. The van der Waals surface area contributed by atoms with Crippen LogP contribution in [-0.4, -0.2) is 25.6 Å². The molecule has 1 aromatic carbocycles. The summed E-state index contributed by atoms with van der Waals surface area (Å²) in [4.78, 5) is 14.4. The van der Waals surface area contributed by atoms with E-state index in [4.69, 9.17) is 4.74 Å². The van der Waals surface area contributed by atoms with Crippen molar-refractivity contribution in [3.8, 4) is 5.75 Å². The van der Waals surface area contributed by atoms with Crippen molar-refractivity contribution in [1.82, 2.24) is 0 Å². The largest absolute Gasteiger partial charge is 0.494 e. The third kappa shape index (κ3) is 2.34. The van der Waals surface area contributed by atoms with E-state index in [2.05, 4.69) is 10.2 Å². The number of rotatable bonds is 1. The Morgan fingerprint density at radius 3 is 2.67 bits per heavy atom. The first-order valence-electron chi connectivity index (χ1n) is 7.47. The summed E-state index contributed by atoms with van der Waals surface area (Å²) in [5.41, 5.74) is 1.21. The smallest absolute Gasteiger partial charge is 0.226 e. The lowest BCUT2D eigenvalue weighted by Crippen LogP contribution is -2.49. The third-order valence-electron chi connectivity index (χ3n) is 4.89. The number of nitrogens with one attached hydrogen (secondary N) is 1. The van der Waals surface area contributed by atoms with Crippen molar-refractivity contribution in [3.05, 3.63) is 17.9 Å². The van der Waals surface area contributed by atoms with Crippen LogP contribution in [-0.2, 0) is 4.79 Å². The molecule has 1 fully saturated rings. The zero-order valence-electron chi connectivity index (χ0n) is 12.5. The van der Waals surface area contributed by atoms with Crippen LogP contribution < -0.4 is 15.0 Å². The molecule has 0 aromatic heterocycles. The van der Waals surface area contributed by atoms with Gasteiger partial charge in [0.25, 0.3) is 0 Å². The second-order valence-electron chi connectivity index (χ2n) is 6.07. The second-order valence-corrected chi connectivity index (χ2v) is 6.07. The molecule has 0 bridgehead atoms. The van der Waals surface area contributed by atoms with Gasteiger partial charge in [0.05, 0.1) is 24.9 Å². The van der Waals surface area contributed by atoms with Crippen LogP contribution in [0.3, 0.4) is 0 Å². The number of halogens is 1. The first kappa shape index (κ1) is 14.2. The Kier molecular flexibility index (Phi) is 3.51. The van der Waals surface area contributed by atoms with Gasteiger partial charge in [-0.3, -0.25) is 4.79 Å². The lowest BCUT2D eigenvalue weighted by Gasteiger charge is -2.44. The number of fused-ring (bicyclic) bond motifs is 1. The molecule has 5 heteroatoms. The molecular weight excluding hydrogens is 271 g/mol. The number of amides is 1. The summed E-state index contributed by atoms with van der Waals surface area (Å²) < 4.78 is 19.0. The molecule has 1 aliphatic heterocycles. The lowest BCUT2D eigenvalue weighted by atomic mass is 9.78. The summed E-state index contributed by atoms with van der Waals surface area (Å²) in [6, 6.07) is 3.04. The molecule has 1 amide bonds. The Morgan fingerprint density at radius 1 is 1.29 bits per heavy atom. The van der Waals surface area contributed by atoms with Crippen molar-refractivity contribution in [2.45, 2.75) is 44.1 Å². The van der Waals surface area contributed by atoms with Gasteiger partial charge in [0.15, 0.2) is 11.6 Å². The summed E-state index contributed by atoms with van der Waals surface area (Å²) in [7, 11) is 3.46. The van der Waals surface area contributed by atoms with E-state index in [1.807, 2.05) is 7.05 Å². The van der Waals surface area contributed by atoms with Gasteiger partial charge in [0, 0.05) is 24.7 Å². The van der Waals surface area contributed by atoms with E-state index in [0.717, 1.165) is 31.4 Å². The Balaban J connectivity index is 2.09. The Labute approximate surface area is 124 Å². The number of ether oxygens (including phenoxy) is 1. The molecule has 1 heterocycles. The van der Waals surface area contributed by atoms with Crippen LogP contribution in [0.4, 0.5) is 15.8 Å². The number of hydrogen-bond donors (Lipinski definition) is 1. The molecule has 1 aliphatic carbocycles. The second kappa shape index (κ2) is 5.20. The fourth-order valence-electron chi connectivity index (χ4n) is 3.67. The van der Waals surface area contributed by atoms with Gasteiger partial charge in [0.2, 0.25) is 5.91 Å². The Hall–Kier alpha value is -1.78. The van der Waals surface area contributed by atoms with E-state index < -0.39 is 5.82 Å². The predicted molar refractivity (Wildman–Crippen MR) is 80.4 cm³/mol. The van der Waals surface area contributed by atoms with E-state index >= 15 is 0 Å². The van der Waals surface area contributed by atoms with Gasteiger partial charge >= 0.3 is 0 Å². The molecule has 4 nitrogen and oxygen atoms in total. The van der Waals surface area contributed by atoms with Crippen LogP contribution in [0.5, 0.6) is 5.75 Å². The summed E-state index contributed by atoms with van der Waals surface area (Å²) in [5, 5.41) is 2.84. The van der Waals surface area contributed by atoms with Crippen molar-refractivity contribution >= 4 is 17.3 Å². The van der Waals surface area contributed by atoms with Crippen LogP contribution in [0.2, 0.25) is 0 Å². The third-order valence-corrected chi connectivity index (χ3v) is 4.89. The van der Waals surface area contributed by atoms with Gasteiger partial charge in [-0.25, -0.2) is 4.39 Å². The molecule has 3 rings (SSSR count). The number of methoxy groups -OCH3 is 1. The minimum atomic E-state index is -0.454. The predicted octanol–water partition coefficient (Wildman–Crippen LogP) is 3.32. The number of carbonyl (C=O) groups is 1. The van der Waals surface area contributed by atoms with Crippen molar-refractivity contribution in [1.29, 1.82) is 0 Å².